The van der Waals surface area contributed by atoms with Crippen LogP contribution in [-0.4, -0.2) is 16.1 Å². The molecule has 0 saturated carbocycles. The van der Waals surface area contributed by atoms with Crippen LogP contribution in [0.25, 0.3) is 0 Å². The third-order valence-electron chi connectivity index (χ3n) is 9.28. The summed E-state index contributed by atoms with van der Waals surface area (Å²) in [4.78, 5) is 0. The molecule has 0 N–H and O–H groups in total. The molecule has 0 unspecified atom stereocenters. The molecule has 5 heteroatoms. The van der Waals surface area contributed by atoms with Gasteiger partial charge in [0, 0.05) is 0 Å². The predicted octanol–water partition coefficient (Wildman–Crippen LogP) is 3.45. The van der Waals surface area contributed by atoms with E-state index in [1.54, 1.807) is 49.1 Å². The molecular weight excluding hydrogens is 555 g/mol. The minimum atomic E-state index is -1.10. The number of halogens is 2. The third kappa shape index (κ3) is 5.89. The fourth-order valence-electron chi connectivity index (χ4n) is 6.93. The van der Waals surface area contributed by atoms with Gasteiger partial charge in [0.2, 0.25) is 0 Å². The molecule has 4 rings (SSSR count). The molecule has 0 aromatic rings. The van der Waals surface area contributed by atoms with Gasteiger partial charge >= 0.3 is 208 Å². The van der Waals surface area contributed by atoms with Gasteiger partial charge in [-0.05, 0) is 0 Å². The Morgan fingerprint density at radius 3 is 1.33 bits per heavy atom. The Bertz CT molecular complexity index is 735. The number of hydrogen-bond donors (Lipinski definition) is 0. The van der Waals surface area contributed by atoms with Crippen LogP contribution in [0, 0.1) is 0 Å². The average molecular weight is 601 g/mol. The maximum Gasteiger partial charge on any atom is -1.00 e. The van der Waals surface area contributed by atoms with Crippen LogP contribution in [0.4, 0.5) is 0 Å². The molecule has 2 aliphatic carbocycles. The first-order chi connectivity index (χ1) is 15.1. The summed E-state index contributed by atoms with van der Waals surface area (Å²) in [5.74, 6) is 0. The van der Waals surface area contributed by atoms with Crippen molar-refractivity contribution in [3.63, 3.8) is 0 Å². The van der Waals surface area contributed by atoms with Crippen LogP contribution in [0.5, 0.6) is 0 Å². The van der Waals surface area contributed by atoms with Gasteiger partial charge in [-0.1, -0.05) is 0 Å². The topological polar surface area (TPSA) is 0 Å². The molecule has 0 bridgehead atoms. The molecule has 4 aliphatic rings. The van der Waals surface area contributed by atoms with Gasteiger partial charge in [0.1, 0.15) is 0 Å². The summed E-state index contributed by atoms with van der Waals surface area (Å²) >= 11 is -0.679. The molecule has 2 aliphatic heterocycles. The SMILES string of the molecule is CCCC[Si]1(C2=[C]([Zr+2][C]3=C([Si]4(CCCC)CCC4)CC=C3CC)C(CC)=CC2)CCC1.[Cl-].[Cl-]. The number of hydrogen-bond acceptors (Lipinski definition) is 0. The Hall–Kier alpha value is 0.857. The van der Waals surface area contributed by atoms with E-state index in [1.807, 2.05) is 11.1 Å². The van der Waals surface area contributed by atoms with Crippen molar-refractivity contribution in [2.75, 3.05) is 0 Å². The predicted molar refractivity (Wildman–Crippen MR) is 139 cm³/mol. The molecule has 0 amide bonds. The van der Waals surface area contributed by atoms with E-state index in [4.69, 9.17) is 0 Å². The Kier molecular flexibility index (Phi) is 12.2. The van der Waals surface area contributed by atoms with Crippen molar-refractivity contribution in [3.8, 4) is 0 Å². The van der Waals surface area contributed by atoms with E-state index in [-0.39, 0.29) is 24.8 Å². The van der Waals surface area contributed by atoms with E-state index in [1.165, 1.54) is 51.4 Å². The molecule has 0 atom stereocenters. The molecule has 33 heavy (non-hydrogen) atoms. The van der Waals surface area contributed by atoms with Gasteiger partial charge in [-0.2, -0.15) is 0 Å². The summed E-state index contributed by atoms with van der Waals surface area (Å²) in [5.41, 5.74) is 3.65. The van der Waals surface area contributed by atoms with Crippen LogP contribution >= 0.6 is 0 Å². The van der Waals surface area contributed by atoms with E-state index in [0.717, 1.165) is 0 Å². The van der Waals surface area contributed by atoms with Gasteiger partial charge in [0.25, 0.3) is 0 Å². The molecule has 0 radical (unpaired) electrons. The zero-order valence-corrected chi connectivity index (χ0v) is 27.7. The average Bonchev–Trinajstić information content (AvgIpc) is 3.32. The molecule has 2 saturated heterocycles. The number of rotatable bonds is 12. The number of unbranched alkanes of at least 4 members (excludes halogenated alkanes) is 2. The molecule has 2 fully saturated rings. The van der Waals surface area contributed by atoms with Crippen molar-refractivity contribution >= 4 is 16.1 Å². The first-order valence-electron chi connectivity index (χ1n) is 13.8. The molecular formula is C28H46Cl2Si2Zr. The first-order valence-corrected chi connectivity index (χ1v) is 21.5. The molecule has 0 aromatic carbocycles. The van der Waals surface area contributed by atoms with Crippen molar-refractivity contribution in [2.24, 2.45) is 0 Å². The van der Waals surface area contributed by atoms with Crippen molar-refractivity contribution in [1.29, 1.82) is 0 Å². The van der Waals surface area contributed by atoms with E-state index in [9.17, 15) is 0 Å². The van der Waals surface area contributed by atoms with Gasteiger partial charge in [-0.15, -0.1) is 0 Å². The summed E-state index contributed by atoms with van der Waals surface area (Å²) in [6.07, 6.45) is 19.6. The fourth-order valence-corrected chi connectivity index (χ4v) is 25.3. The second-order valence-corrected chi connectivity index (χ2v) is 23.3. The van der Waals surface area contributed by atoms with Crippen LogP contribution in [0.3, 0.4) is 0 Å². The Balaban J connectivity index is 0.00000193. The van der Waals surface area contributed by atoms with Crippen molar-refractivity contribution in [3.05, 3.63) is 40.3 Å². The monoisotopic (exact) mass is 598 g/mol. The van der Waals surface area contributed by atoms with E-state index in [2.05, 4.69) is 56.8 Å². The zero-order chi connectivity index (χ0) is 21.9. The van der Waals surface area contributed by atoms with Gasteiger partial charge in [-0.25, -0.2) is 0 Å². The van der Waals surface area contributed by atoms with Gasteiger partial charge < -0.3 is 24.8 Å². The van der Waals surface area contributed by atoms with Gasteiger partial charge in [-0.3, -0.25) is 0 Å². The normalized spacial score (nSPS) is 22.5. The second-order valence-electron chi connectivity index (χ2n) is 10.9. The van der Waals surface area contributed by atoms with Crippen molar-refractivity contribution in [2.45, 2.75) is 128 Å². The largest absolute Gasteiger partial charge is 1.00 e. The Labute approximate surface area is 231 Å². The maximum absolute atomic E-state index is 2.71. The van der Waals surface area contributed by atoms with Crippen molar-refractivity contribution < 1.29 is 48.0 Å². The van der Waals surface area contributed by atoms with Crippen LogP contribution in [-0.2, 0) is 23.2 Å². The van der Waals surface area contributed by atoms with Crippen LogP contribution in [0.1, 0.15) is 91.9 Å². The summed E-state index contributed by atoms with van der Waals surface area (Å²) in [6.45, 7) is 9.70. The van der Waals surface area contributed by atoms with Crippen molar-refractivity contribution in [1.82, 2.24) is 0 Å². The third-order valence-corrected chi connectivity index (χ3v) is 26.1. The van der Waals surface area contributed by atoms with E-state index in [0.29, 0.717) is 0 Å². The minimum absolute atomic E-state index is 0. The molecule has 0 spiro atoms. The quantitative estimate of drug-likeness (QED) is 0.301. The fraction of sp³-hybridized carbons (Fsp3) is 0.714. The molecule has 2 heterocycles. The zero-order valence-electron chi connectivity index (χ0n) is 21.7. The maximum atomic E-state index is 2.71. The Morgan fingerprint density at radius 1 is 0.667 bits per heavy atom. The summed E-state index contributed by atoms with van der Waals surface area (Å²) in [7, 11) is -2.20. The number of allylic oxidation sites excluding steroid dienone is 8. The molecule has 0 aromatic heterocycles. The summed E-state index contributed by atoms with van der Waals surface area (Å²) < 4.78 is 4.11. The Morgan fingerprint density at radius 2 is 1.06 bits per heavy atom. The van der Waals surface area contributed by atoms with E-state index >= 15 is 0 Å². The van der Waals surface area contributed by atoms with Crippen LogP contribution < -0.4 is 24.8 Å². The first kappa shape index (κ1) is 30.1. The summed E-state index contributed by atoms with van der Waals surface area (Å²) in [6, 6.07) is 9.76. The standard InChI is InChI=1S/2C14H23Si.2ClH.Zr/c2*1-3-5-9-15(10-6-11-15)14-8-7-13(4-2)12-14;;;/h2*7H,3-6,8-11H2,1-2H3;2*1H;/q;;;;+2/p-2. The van der Waals surface area contributed by atoms with Crippen LogP contribution in [0.15, 0.2) is 40.3 Å². The van der Waals surface area contributed by atoms with E-state index < -0.39 is 39.4 Å². The molecule has 184 valence electrons. The van der Waals surface area contributed by atoms with Gasteiger partial charge in [0.05, 0.1) is 0 Å². The second kappa shape index (κ2) is 13.4. The van der Waals surface area contributed by atoms with Gasteiger partial charge in [0.15, 0.2) is 0 Å². The van der Waals surface area contributed by atoms with Crippen LogP contribution in [0.2, 0.25) is 36.3 Å². The summed E-state index contributed by atoms with van der Waals surface area (Å²) in [5, 5.41) is 4.23. The smallest absolute Gasteiger partial charge is 1.00 e. The molecule has 0 nitrogen and oxygen atoms in total. The minimum Gasteiger partial charge on any atom is -1.00 e.